The van der Waals surface area contributed by atoms with Crippen LogP contribution >= 0.6 is 0 Å². The van der Waals surface area contributed by atoms with Crippen molar-refractivity contribution < 1.29 is 14.5 Å². The number of amides is 1. The summed E-state index contributed by atoms with van der Waals surface area (Å²) in [4.78, 5) is 33.2. The molecule has 0 spiro atoms. The minimum Gasteiger partial charge on any atom is -0.484 e. The Morgan fingerprint density at radius 2 is 1.85 bits per heavy atom. The molecule has 1 unspecified atom stereocenters. The van der Waals surface area contributed by atoms with Crippen molar-refractivity contribution in [1.82, 2.24) is 14.9 Å². The molecule has 9 nitrogen and oxygen atoms in total. The number of carbonyl (C=O) groups excluding carboxylic acids is 1. The Kier molecular flexibility index (Phi) is 6.27. The Morgan fingerprint density at radius 3 is 2.37 bits per heavy atom. The van der Waals surface area contributed by atoms with Crippen molar-refractivity contribution in [3.05, 3.63) is 51.3 Å². The number of nitrogens with two attached hydrogens (primary N) is 1. The normalized spacial score (nSPS) is 11.7. The molecule has 0 aliphatic carbocycles. The van der Waals surface area contributed by atoms with E-state index in [1.54, 1.807) is 18.7 Å². The Hall–Kier alpha value is -3.23. The van der Waals surface area contributed by atoms with Gasteiger partial charge in [-0.15, -0.1) is 0 Å². The third-order valence-electron chi connectivity index (χ3n) is 4.15. The van der Waals surface area contributed by atoms with E-state index >= 15 is 0 Å². The van der Waals surface area contributed by atoms with Crippen molar-refractivity contribution in [1.29, 1.82) is 0 Å². The third kappa shape index (κ3) is 4.49. The number of nitro groups is 1. The second kappa shape index (κ2) is 8.43. The zero-order valence-electron chi connectivity index (χ0n) is 15.8. The molecule has 0 aliphatic rings. The molecule has 0 saturated heterocycles. The second-order valence-electron chi connectivity index (χ2n) is 5.92. The predicted molar refractivity (Wildman–Crippen MR) is 101 cm³/mol. The molecule has 0 saturated carbocycles. The number of nitro benzene ring substituents is 1. The molecule has 2 N–H and O–H groups in total. The van der Waals surface area contributed by atoms with Gasteiger partial charge < -0.3 is 15.4 Å². The van der Waals surface area contributed by atoms with Crippen LogP contribution in [0.5, 0.6) is 5.75 Å². The highest BCUT2D eigenvalue weighted by Gasteiger charge is 2.26. The van der Waals surface area contributed by atoms with E-state index < -0.39 is 11.0 Å². The number of rotatable bonds is 7. The highest BCUT2D eigenvalue weighted by Crippen LogP contribution is 2.27. The largest absolute Gasteiger partial charge is 0.484 e. The number of non-ortho nitro benzene ring substituents is 1. The van der Waals surface area contributed by atoms with E-state index in [1.807, 2.05) is 13.8 Å². The molecule has 144 valence electrons. The van der Waals surface area contributed by atoms with E-state index in [0.29, 0.717) is 35.8 Å². The van der Waals surface area contributed by atoms with Gasteiger partial charge >= 0.3 is 0 Å². The topological polar surface area (TPSA) is 124 Å². The first-order valence-corrected chi connectivity index (χ1v) is 8.62. The van der Waals surface area contributed by atoms with Crippen LogP contribution in [0.1, 0.15) is 48.6 Å². The summed E-state index contributed by atoms with van der Waals surface area (Å²) in [7, 11) is 0. The van der Waals surface area contributed by atoms with Gasteiger partial charge in [-0.05, 0) is 39.8 Å². The Morgan fingerprint density at radius 1 is 1.26 bits per heavy atom. The van der Waals surface area contributed by atoms with Gasteiger partial charge in [0.1, 0.15) is 11.9 Å². The maximum absolute atomic E-state index is 12.9. The van der Waals surface area contributed by atoms with E-state index in [1.165, 1.54) is 24.3 Å². The third-order valence-corrected chi connectivity index (χ3v) is 4.15. The summed E-state index contributed by atoms with van der Waals surface area (Å²) < 4.78 is 5.84. The summed E-state index contributed by atoms with van der Waals surface area (Å²) in [6, 6.07) is 5.70. The smallest absolute Gasteiger partial charge is 0.269 e. The molecular formula is C18H23N5O4. The van der Waals surface area contributed by atoms with Crippen LogP contribution in [0.2, 0.25) is 0 Å². The lowest BCUT2D eigenvalue weighted by atomic mass is 10.1. The molecule has 1 aromatic heterocycles. The van der Waals surface area contributed by atoms with Crippen molar-refractivity contribution in [3.63, 3.8) is 0 Å². The average Bonchev–Trinajstić information content (AvgIpc) is 2.62. The van der Waals surface area contributed by atoms with Crippen molar-refractivity contribution in [2.24, 2.45) is 0 Å². The number of hydrogen-bond acceptors (Lipinski definition) is 7. The SMILES string of the molecule is CCN(CC)C(=O)c1c(C)nc(N)nc1C(C)Oc1ccc([N+](=O)[O-])cc1. The van der Waals surface area contributed by atoms with E-state index in [4.69, 9.17) is 10.5 Å². The summed E-state index contributed by atoms with van der Waals surface area (Å²) in [5.74, 6) is 0.286. The van der Waals surface area contributed by atoms with Crippen LogP contribution < -0.4 is 10.5 Å². The van der Waals surface area contributed by atoms with Gasteiger partial charge in [0.2, 0.25) is 5.95 Å². The lowest BCUT2D eigenvalue weighted by Gasteiger charge is -2.23. The molecule has 2 rings (SSSR count). The van der Waals surface area contributed by atoms with Crippen molar-refractivity contribution >= 4 is 17.5 Å². The van der Waals surface area contributed by atoms with E-state index in [-0.39, 0.29) is 17.5 Å². The monoisotopic (exact) mass is 373 g/mol. The predicted octanol–water partition coefficient (Wildman–Crippen LogP) is 2.90. The molecule has 1 aromatic carbocycles. The highest BCUT2D eigenvalue weighted by atomic mass is 16.6. The summed E-state index contributed by atoms with van der Waals surface area (Å²) >= 11 is 0. The Labute approximate surface area is 157 Å². The average molecular weight is 373 g/mol. The number of nitrogens with zero attached hydrogens (tertiary/aromatic N) is 4. The first-order chi connectivity index (χ1) is 12.8. The van der Waals surface area contributed by atoms with Gasteiger partial charge in [0, 0.05) is 25.2 Å². The van der Waals surface area contributed by atoms with Crippen LogP contribution in [0.4, 0.5) is 11.6 Å². The molecule has 27 heavy (non-hydrogen) atoms. The number of nitrogen functional groups attached to an aromatic ring is 1. The lowest BCUT2D eigenvalue weighted by Crippen LogP contribution is -2.33. The van der Waals surface area contributed by atoms with Gasteiger partial charge in [0.25, 0.3) is 11.6 Å². The highest BCUT2D eigenvalue weighted by molar-refractivity contribution is 5.96. The standard InChI is InChI=1S/C18H23N5O4/c1-5-22(6-2)17(24)15-11(3)20-18(19)21-16(15)12(4)27-14-9-7-13(8-10-14)23(25)26/h7-10,12H,5-6H2,1-4H3,(H2,19,20,21). The van der Waals surface area contributed by atoms with Gasteiger partial charge in [0.05, 0.1) is 21.9 Å². The second-order valence-corrected chi connectivity index (χ2v) is 5.92. The number of ether oxygens (including phenoxy) is 1. The van der Waals surface area contributed by atoms with Crippen LogP contribution in [0.3, 0.4) is 0 Å². The van der Waals surface area contributed by atoms with Gasteiger partial charge in [-0.1, -0.05) is 0 Å². The summed E-state index contributed by atoms with van der Waals surface area (Å²) in [6.45, 7) is 8.33. The number of anilines is 1. The minimum absolute atomic E-state index is 0.0328. The molecule has 0 bridgehead atoms. The number of carbonyl (C=O) groups is 1. The minimum atomic E-state index is -0.607. The van der Waals surface area contributed by atoms with E-state index in [0.717, 1.165) is 0 Å². The summed E-state index contributed by atoms with van der Waals surface area (Å²) in [5.41, 5.74) is 6.97. The lowest BCUT2D eigenvalue weighted by molar-refractivity contribution is -0.384. The first kappa shape index (κ1) is 20.1. The van der Waals surface area contributed by atoms with Gasteiger partial charge in [-0.2, -0.15) is 0 Å². The zero-order chi connectivity index (χ0) is 20.1. The molecule has 2 aromatic rings. The van der Waals surface area contributed by atoms with Crippen LogP contribution in [0.15, 0.2) is 24.3 Å². The van der Waals surface area contributed by atoms with Crippen molar-refractivity contribution in [2.75, 3.05) is 18.8 Å². The molecule has 0 radical (unpaired) electrons. The van der Waals surface area contributed by atoms with Gasteiger partial charge in [-0.3, -0.25) is 14.9 Å². The van der Waals surface area contributed by atoms with Crippen molar-refractivity contribution in [2.45, 2.75) is 33.8 Å². The fourth-order valence-electron chi connectivity index (χ4n) is 2.75. The zero-order valence-corrected chi connectivity index (χ0v) is 15.8. The number of hydrogen-bond donors (Lipinski definition) is 1. The van der Waals surface area contributed by atoms with Gasteiger partial charge in [0.15, 0.2) is 0 Å². The Balaban J connectivity index is 2.38. The summed E-state index contributed by atoms with van der Waals surface area (Å²) in [6.07, 6.45) is -0.607. The first-order valence-electron chi connectivity index (χ1n) is 8.62. The molecule has 1 atom stereocenters. The van der Waals surface area contributed by atoms with Crippen LogP contribution in [-0.2, 0) is 0 Å². The molecule has 9 heteroatoms. The fourth-order valence-corrected chi connectivity index (χ4v) is 2.75. The molecule has 0 fully saturated rings. The maximum Gasteiger partial charge on any atom is 0.269 e. The molecular weight excluding hydrogens is 350 g/mol. The van der Waals surface area contributed by atoms with Crippen LogP contribution in [0.25, 0.3) is 0 Å². The molecule has 1 amide bonds. The number of aromatic nitrogens is 2. The number of benzene rings is 1. The van der Waals surface area contributed by atoms with Gasteiger partial charge in [-0.25, -0.2) is 9.97 Å². The van der Waals surface area contributed by atoms with Crippen molar-refractivity contribution in [3.8, 4) is 5.75 Å². The quantitative estimate of drug-likeness (QED) is 0.584. The Bertz CT molecular complexity index is 834. The van der Waals surface area contributed by atoms with Crippen LogP contribution in [0, 0.1) is 17.0 Å². The summed E-state index contributed by atoms with van der Waals surface area (Å²) in [5, 5.41) is 10.8. The van der Waals surface area contributed by atoms with E-state index in [9.17, 15) is 14.9 Å². The molecule has 1 heterocycles. The maximum atomic E-state index is 12.9. The van der Waals surface area contributed by atoms with Crippen LogP contribution in [-0.4, -0.2) is 38.8 Å². The van der Waals surface area contributed by atoms with E-state index in [2.05, 4.69) is 9.97 Å². The number of aryl methyl sites for hydroxylation is 1. The molecule has 0 aliphatic heterocycles. The fraction of sp³-hybridized carbons (Fsp3) is 0.389.